The number of aryl methyl sites for hydroxylation is 1. The van der Waals surface area contributed by atoms with Crippen LogP contribution in [-0.2, 0) is 0 Å². The number of hydrogen-bond donors (Lipinski definition) is 2. The number of nitrogens with zero attached hydrogens (tertiary/aromatic N) is 2. The summed E-state index contributed by atoms with van der Waals surface area (Å²) in [6.07, 6.45) is 1.26. The third kappa shape index (κ3) is 4.13. The van der Waals surface area contributed by atoms with Gasteiger partial charge in [0.25, 0.3) is 11.5 Å². The molecule has 0 aliphatic rings. The summed E-state index contributed by atoms with van der Waals surface area (Å²) in [6, 6.07) is 10.8. The summed E-state index contributed by atoms with van der Waals surface area (Å²) in [7, 11) is 0. The summed E-state index contributed by atoms with van der Waals surface area (Å²) in [4.78, 5) is 28.7. The predicted molar refractivity (Wildman–Crippen MR) is 105 cm³/mol. The van der Waals surface area contributed by atoms with E-state index in [0.717, 1.165) is 10.1 Å². The van der Waals surface area contributed by atoms with E-state index >= 15 is 0 Å². The van der Waals surface area contributed by atoms with Crippen molar-refractivity contribution >= 4 is 35.0 Å². The van der Waals surface area contributed by atoms with Crippen molar-refractivity contribution in [2.24, 2.45) is 16.5 Å². The molecule has 1 amide bonds. The molecule has 0 aliphatic heterocycles. The molecule has 6 N–H and O–H groups in total. The Balaban J connectivity index is 0.00000182. The average Bonchev–Trinajstić information content (AvgIpc) is 2.55. The standard InChI is InChI=1S/C18H15FN4O2.ClH.H2O/c1-10-6-7-11-12(8-10)13(16(24)22-18(20)21)9-23(17(11)25)15-5-3-2-4-14(15)19;;/h2-9H,1H3,(H4,20,21,22,24);1H;1H2. The average molecular weight is 393 g/mol. The fourth-order valence-electron chi connectivity index (χ4n) is 2.63. The summed E-state index contributed by atoms with van der Waals surface area (Å²) in [5, 5.41) is 0.679. The lowest BCUT2D eigenvalue weighted by Crippen LogP contribution is -2.25. The summed E-state index contributed by atoms with van der Waals surface area (Å²) < 4.78 is 15.2. The SMILES string of the molecule is Cc1ccc2c(=O)n(-c3ccccc3F)cc(C(=O)N=C(N)N)c2c1.Cl.O. The van der Waals surface area contributed by atoms with Crippen molar-refractivity contribution in [3.63, 3.8) is 0 Å². The highest BCUT2D eigenvalue weighted by atomic mass is 35.5. The van der Waals surface area contributed by atoms with Gasteiger partial charge in [-0.3, -0.25) is 14.2 Å². The Labute approximate surface area is 159 Å². The highest BCUT2D eigenvalue weighted by Gasteiger charge is 2.17. The molecule has 142 valence electrons. The van der Waals surface area contributed by atoms with Gasteiger partial charge in [-0.15, -0.1) is 12.4 Å². The number of amides is 1. The van der Waals surface area contributed by atoms with E-state index < -0.39 is 23.2 Å². The van der Waals surface area contributed by atoms with Crippen LogP contribution >= 0.6 is 12.4 Å². The Morgan fingerprint density at radius 3 is 2.41 bits per heavy atom. The van der Waals surface area contributed by atoms with Crippen molar-refractivity contribution in [3.05, 3.63) is 76.0 Å². The molecule has 9 heteroatoms. The molecule has 0 unspecified atom stereocenters. The van der Waals surface area contributed by atoms with Gasteiger partial charge in [-0.05, 0) is 25.1 Å². The number of rotatable bonds is 2. The van der Waals surface area contributed by atoms with Crippen LogP contribution in [0.15, 0.2) is 58.4 Å². The number of carbonyl (C=O) groups is 1. The van der Waals surface area contributed by atoms with Crippen LogP contribution in [0.5, 0.6) is 0 Å². The van der Waals surface area contributed by atoms with E-state index in [1.807, 2.05) is 6.92 Å². The zero-order valence-electron chi connectivity index (χ0n) is 14.3. The van der Waals surface area contributed by atoms with Gasteiger partial charge in [-0.1, -0.05) is 29.8 Å². The minimum absolute atomic E-state index is 0. The minimum atomic E-state index is -0.708. The van der Waals surface area contributed by atoms with E-state index in [-0.39, 0.29) is 34.5 Å². The minimum Gasteiger partial charge on any atom is -0.412 e. The molecule has 0 saturated heterocycles. The van der Waals surface area contributed by atoms with Crippen LogP contribution in [-0.4, -0.2) is 21.9 Å². The molecule has 2 aromatic carbocycles. The second-order valence-electron chi connectivity index (χ2n) is 5.56. The van der Waals surface area contributed by atoms with Crippen LogP contribution in [0.2, 0.25) is 0 Å². The van der Waals surface area contributed by atoms with Gasteiger partial charge in [0.15, 0.2) is 5.96 Å². The lowest BCUT2D eigenvalue weighted by molar-refractivity contribution is 0.100. The third-order valence-electron chi connectivity index (χ3n) is 3.75. The molecule has 1 heterocycles. The zero-order chi connectivity index (χ0) is 18.1. The maximum Gasteiger partial charge on any atom is 0.282 e. The number of carbonyl (C=O) groups excluding carboxylic acids is 1. The van der Waals surface area contributed by atoms with Crippen molar-refractivity contribution in [3.8, 4) is 5.69 Å². The van der Waals surface area contributed by atoms with E-state index in [1.54, 1.807) is 24.3 Å². The van der Waals surface area contributed by atoms with Gasteiger partial charge in [0.2, 0.25) is 0 Å². The molecule has 0 fully saturated rings. The number of aliphatic imine (C=N–C) groups is 1. The predicted octanol–water partition coefficient (Wildman–Crippen LogP) is 1.45. The molecule has 0 radical (unpaired) electrons. The van der Waals surface area contributed by atoms with Gasteiger partial charge >= 0.3 is 0 Å². The molecule has 27 heavy (non-hydrogen) atoms. The normalized spacial score (nSPS) is 9.85. The molecule has 1 aromatic heterocycles. The number of halogens is 2. The number of nitrogens with two attached hydrogens (primary N) is 2. The molecule has 7 nitrogen and oxygen atoms in total. The first kappa shape index (κ1) is 21.8. The van der Waals surface area contributed by atoms with Crippen LogP contribution < -0.4 is 17.0 Å². The van der Waals surface area contributed by atoms with E-state index in [2.05, 4.69) is 4.99 Å². The quantitative estimate of drug-likeness (QED) is 0.504. The van der Waals surface area contributed by atoms with Crippen LogP contribution in [0, 0.1) is 12.7 Å². The number of benzene rings is 2. The second kappa shape index (κ2) is 8.43. The molecule has 0 aliphatic carbocycles. The maximum atomic E-state index is 14.2. The van der Waals surface area contributed by atoms with Gasteiger partial charge in [0, 0.05) is 17.0 Å². The lowest BCUT2D eigenvalue weighted by atomic mass is 10.0. The molecule has 0 bridgehead atoms. The van der Waals surface area contributed by atoms with Crippen molar-refractivity contribution in [1.29, 1.82) is 0 Å². The van der Waals surface area contributed by atoms with Crippen molar-refractivity contribution in [1.82, 2.24) is 4.57 Å². The zero-order valence-corrected chi connectivity index (χ0v) is 15.1. The molecule has 0 spiro atoms. The first-order chi connectivity index (χ1) is 11.9. The Morgan fingerprint density at radius 2 is 1.78 bits per heavy atom. The second-order valence-corrected chi connectivity index (χ2v) is 5.56. The van der Waals surface area contributed by atoms with Crippen LogP contribution in [0.1, 0.15) is 15.9 Å². The smallest absolute Gasteiger partial charge is 0.282 e. The molecular weight excluding hydrogens is 375 g/mol. The first-order valence-electron chi connectivity index (χ1n) is 7.43. The van der Waals surface area contributed by atoms with Crippen molar-refractivity contribution < 1.29 is 14.7 Å². The topological polar surface area (TPSA) is 135 Å². The number of fused-ring (bicyclic) bond motifs is 1. The fraction of sp³-hybridized carbons (Fsp3) is 0.0556. The molecule has 3 aromatic rings. The maximum absolute atomic E-state index is 14.2. The Bertz CT molecular complexity index is 1090. The Hall–Kier alpha value is -3.23. The number of guanidine groups is 1. The molecule has 3 rings (SSSR count). The summed E-state index contributed by atoms with van der Waals surface area (Å²) in [6.45, 7) is 1.83. The number of para-hydroxylation sites is 1. The van der Waals surface area contributed by atoms with Crippen LogP contribution in [0.25, 0.3) is 16.5 Å². The highest BCUT2D eigenvalue weighted by Crippen LogP contribution is 2.21. The number of pyridine rings is 1. The van der Waals surface area contributed by atoms with Crippen LogP contribution in [0.4, 0.5) is 4.39 Å². The highest BCUT2D eigenvalue weighted by molar-refractivity contribution is 6.10. The van der Waals surface area contributed by atoms with Gasteiger partial charge in [-0.2, -0.15) is 4.99 Å². The molecule has 0 saturated carbocycles. The van der Waals surface area contributed by atoms with Gasteiger partial charge in [0.1, 0.15) is 5.82 Å². The van der Waals surface area contributed by atoms with Crippen molar-refractivity contribution in [2.75, 3.05) is 0 Å². The van der Waals surface area contributed by atoms with Crippen molar-refractivity contribution in [2.45, 2.75) is 6.92 Å². The summed E-state index contributed by atoms with van der Waals surface area (Å²) in [5.74, 6) is -1.69. The fourth-order valence-corrected chi connectivity index (χ4v) is 2.63. The summed E-state index contributed by atoms with van der Waals surface area (Å²) >= 11 is 0. The van der Waals surface area contributed by atoms with Gasteiger partial charge in [0.05, 0.1) is 11.3 Å². The van der Waals surface area contributed by atoms with E-state index in [4.69, 9.17) is 11.5 Å². The first-order valence-corrected chi connectivity index (χ1v) is 7.43. The van der Waals surface area contributed by atoms with Crippen LogP contribution in [0.3, 0.4) is 0 Å². The van der Waals surface area contributed by atoms with E-state index in [9.17, 15) is 14.0 Å². The Morgan fingerprint density at radius 1 is 1.11 bits per heavy atom. The van der Waals surface area contributed by atoms with E-state index in [1.165, 1.54) is 24.4 Å². The molecule has 0 atom stereocenters. The number of aromatic nitrogens is 1. The summed E-state index contributed by atoms with van der Waals surface area (Å²) in [5.41, 5.74) is 11.1. The van der Waals surface area contributed by atoms with Gasteiger partial charge < -0.3 is 16.9 Å². The Kier molecular flexibility index (Phi) is 6.81. The molecular formula is C18H18ClFN4O3. The number of hydrogen-bond acceptors (Lipinski definition) is 2. The monoisotopic (exact) mass is 392 g/mol. The largest absolute Gasteiger partial charge is 0.412 e. The third-order valence-corrected chi connectivity index (χ3v) is 3.75. The lowest BCUT2D eigenvalue weighted by Gasteiger charge is -2.12. The van der Waals surface area contributed by atoms with Gasteiger partial charge in [-0.25, -0.2) is 4.39 Å². The van der Waals surface area contributed by atoms with E-state index in [0.29, 0.717) is 5.39 Å².